The molecule has 0 fully saturated rings. The van der Waals surface area contributed by atoms with Crippen molar-refractivity contribution in [1.29, 1.82) is 0 Å². The lowest BCUT2D eigenvalue weighted by atomic mass is 10.2. The van der Waals surface area contributed by atoms with Gasteiger partial charge in [0, 0.05) is 15.3 Å². The second kappa shape index (κ2) is 5.07. The van der Waals surface area contributed by atoms with E-state index in [0.29, 0.717) is 22.9 Å². The molecule has 0 saturated heterocycles. The number of amides is 1. The standard InChI is InChI=1S/C14H10ClNO2S/c15-10-3-4-12-9(6-10)7-13(18-12)14(17)16-8-11-2-1-5-19-11/h1-7H,8H2,(H,16,17). The fraction of sp³-hybridized carbons (Fsp3) is 0.0714. The lowest BCUT2D eigenvalue weighted by Gasteiger charge is -1.99. The Kier molecular flexibility index (Phi) is 3.27. The van der Waals surface area contributed by atoms with Crippen LogP contribution in [0.3, 0.4) is 0 Å². The largest absolute Gasteiger partial charge is 0.451 e. The Morgan fingerprint density at radius 2 is 2.21 bits per heavy atom. The first-order chi connectivity index (χ1) is 9.22. The molecule has 0 aliphatic carbocycles. The number of carbonyl (C=O) groups excluding carboxylic acids is 1. The lowest BCUT2D eigenvalue weighted by Crippen LogP contribution is -2.21. The highest BCUT2D eigenvalue weighted by Gasteiger charge is 2.12. The molecule has 0 aliphatic rings. The molecule has 0 unspecified atom stereocenters. The summed E-state index contributed by atoms with van der Waals surface area (Å²) in [4.78, 5) is 13.1. The van der Waals surface area contributed by atoms with Gasteiger partial charge in [0.25, 0.3) is 5.91 Å². The minimum Gasteiger partial charge on any atom is -0.451 e. The highest BCUT2D eigenvalue weighted by atomic mass is 35.5. The van der Waals surface area contributed by atoms with Crippen LogP contribution in [0, 0.1) is 0 Å². The highest BCUT2D eigenvalue weighted by molar-refractivity contribution is 7.09. The molecule has 0 saturated carbocycles. The summed E-state index contributed by atoms with van der Waals surface area (Å²) in [7, 11) is 0. The SMILES string of the molecule is O=C(NCc1cccs1)c1cc2cc(Cl)ccc2o1. The van der Waals surface area contributed by atoms with Crippen LogP contribution in [0.4, 0.5) is 0 Å². The Morgan fingerprint density at radius 3 is 3.00 bits per heavy atom. The van der Waals surface area contributed by atoms with Crippen LogP contribution in [0.2, 0.25) is 5.02 Å². The molecule has 3 rings (SSSR count). The van der Waals surface area contributed by atoms with Gasteiger partial charge in [-0.3, -0.25) is 4.79 Å². The second-order valence-electron chi connectivity index (χ2n) is 4.05. The zero-order valence-electron chi connectivity index (χ0n) is 9.85. The molecule has 1 amide bonds. The van der Waals surface area contributed by atoms with Gasteiger partial charge in [-0.2, -0.15) is 0 Å². The smallest absolute Gasteiger partial charge is 0.287 e. The first-order valence-electron chi connectivity index (χ1n) is 5.72. The Hall–Kier alpha value is -1.78. The summed E-state index contributed by atoms with van der Waals surface area (Å²) < 4.78 is 5.49. The van der Waals surface area contributed by atoms with E-state index in [1.165, 1.54) is 0 Å². The lowest BCUT2D eigenvalue weighted by molar-refractivity contribution is 0.0926. The summed E-state index contributed by atoms with van der Waals surface area (Å²) in [5.74, 6) is 0.0783. The average molecular weight is 292 g/mol. The molecule has 3 nitrogen and oxygen atoms in total. The van der Waals surface area contributed by atoms with Gasteiger partial charge in [0.05, 0.1) is 6.54 Å². The van der Waals surface area contributed by atoms with E-state index in [-0.39, 0.29) is 5.91 Å². The predicted molar refractivity (Wildman–Crippen MR) is 76.7 cm³/mol. The molecule has 0 radical (unpaired) electrons. The van der Waals surface area contributed by atoms with Crippen LogP contribution in [0.1, 0.15) is 15.4 Å². The summed E-state index contributed by atoms with van der Waals surface area (Å²) in [5, 5.41) is 6.25. The van der Waals surface area contributed by atoms with Crippen molar-refractivity contribution in [2.24, 2.45) is 0 Å². The molecule has 1 aromatic carbocycles. The van der Waals surface area contributed by atoms with Crippen molar-refractivity contribution in [2.45, 2.75) is 6.54 Å². The van der Waals surface area contributed by atoms with Crippen molar-refractivity contribution in [3.63, 3.8) is 0 Å². The number of fused-ring (bicyclic) bond motifs is 1. The van der Waals surface area contributed by atoms with Gasteiger partial charge in [-0.15, -0.1) is 11.3 Å². The van der Waals surface area contributed by atoms with Gasteiger partial charge in [-0.25, -0.2) is 0 Å². The zero-order chi connectivity index (χ0) is 13.2. The number of rotatable bonds is 3. The summed E-state index contributed by atoms with van der Waals surface area (Å²) in [6.07, 6.45) is 0. The number of thiophene rings is 1. The van der Waals surface area contributed by atoms with Crippen molar-refractivity contribution >= 4 is 39.8 Å². The van der Waals surface area contributed by atoms with Crippen molar-refractivity contribution in [2.75, 3.05) is 0 Å². The maximum absolute atomic E-state index is 12.0. The maximum Gasteiger partial charge on any atom is 0.287 e. The van der Waals surface area contributed by atoms with Crippen molar-refractivity contribution in [1.82, 2.24) is 5.32 Å². The van der Waals surface area contributed by atoms with E-state index < -0.39 is 0 Å². The van der Waals surface area contributed by atoms with E-state index >= 15 is 0 Å². The third-order valence-electron chi connectivity index (χ3n) is 2.71. The van der Waals surface area contributed by atoms with E-state index in [1.807, 2.05) is 17.5 Å². The van der Waals surface area contributed by atoms with Crippen LogP contribution < -0.4 is 5.32 Å². The molecular weight excluding hydrogens is 282 g/mol. The molecule has 2 aromatic heterocycles. The van der Waals surface area contributed by atoms with Crippen molar-refractivity contribution in [3.8, 4) is 0 Å². The minimum absolute atomic E-state index is 0.222. The molecule has 1 N–H and O–H groups in total. The van der Waals surface area contributed by atoms with Crippen LogP contribution in [-0.4, -0.2) is 5.91 Å². The number of halogens is 1. The topological polar surface area (TPSA) is 42.2 Å². The van der Waals surface area contributed by atoms with Gasteiger partial charge in [-0.1, -0.05) is 17.7 Å². The molecule has 3 aromatic rings. The van der Waals surface area contributed by atoms with E-state index in [0.717, 1.165) is 10.3 Å². The summed E-state index contributed by atoms with van der Waals surface area (Å²) in [6, 6.07) is 10.9. The summed E-state index contributed by atoms with van der Waals surface area (Å²) in [6.45, 7) is 0.508. The number of hydrogen-bond acceptors (Lipinski definition) is 3. The fourth-order valence-electron chi connectivity index (χ4n) is 1.79. The maximum atomic E-state index is 12.0. The average Bonchev–Trinajstić information content (AvgIpc) is 3.04. The number of furan rings is 1. The molecule has 19 heavy (non-hydrogen) atoms. The quantitative estimate of drug-likeness (QED) is 0.790. The summed E-state index contributed by atoms with van der Waals surface area (Å²) >= 11 is 7.50. The monoisotopic (exact) mass is 291 g/mol. The molecule has 5 heteroatoms. The summed E-state index contributed by atoms with van der Waals surface area (Å²) in [5.41, 5.74) is 0.658. The van der Waals surface area contributed by atoms with Crippen LogP contribution in [-0.2, 0) is 6.54 Å². The minimum atomic E-state index is -0.222. The van der Waals surface area contributed by atoms with Gasteiger partial charge in [0.15, 0.2) is 5.76 Å². The first kappa shape index (κ1) is 12.3. The second-order valence-corrected chi connectivity index (χ2v) is 5.52. The molecule has 0 spiro atoms. The van der Waals surface area contributed by atoms with Crippen LogP contribution in [0.15, 0.2) is 46.2 Å². The van der Waals surface area contributed by atoms with Crippen molar-refractivity contribution < 1.29 is 9.21 Å². The van der Waals surface area contributed by atoms with Gasteiger partial charge < -0.3 is 9.73 Å². The van der Waals surface area contributed by atoms with E-state index in [9.17, 15) is 4.79 Å². The number of benzene rings is 1. The number of carbonyl (C=O) groups is 1. The third kappa shape index (κ3) is 2.64. The van der Waals surface area contributed by atoms with Crippen LogP contribution in [0.5, 0.6) is 0 Å². The molecule has 0 atom stereocenters. The Bertz CT molecular complexity index is 718. The third-order valence-corrected chi connectivity index (χ3v) is 3.82. The Morgan fingerprint density at radius 1 is 1.32 bits per heavy atom. The highest BCUT2D eigenvalue weighted by Crippen LogP contribution is 2.23. The molecule has 96 valence electrons. The Balaban J connectivity index is 1.77. The van der Waals surface area contributed by atoms with E-state index in [4.69, 9.17) is 16.0 Å². The molecule has 0 bridgehead atoms. The van der Waals surface area contributed by atoms with E-state index in [1.54, 1.807) is 35.6 Å². The van der Waals surface area contributed by atoms with Gasteiger partial charge >= 0.3 is 0 Å². The zero-order valence-corrected chi connectivity index (χ0v) is 11.4. The molecular formula is C14H10ClNO2S. The van der Waals surface area contributed by atoms with Crippen LogP contribution in [0.25, 0.3) is 11.0 Å². The number of hydrogen-bond donors (Lipinski definition) is 1. The van der Waals surface area contributed by atoms with Gasteiger partial charge in [-0.05, 0) is 35.7 Å². The molecule has 0 aliphatic heterocycles. The Labute approximate surface area is 118 Å². The predicted octanol–water partition coefficient (Wildman–Crippen LogP) is 4.08. The fourth-order valence-corrected chi connectivity index (χ4v) is 2.62. The van der Waals surface area contributed by atoms with Crippen molar-refractivity contribution in [3.05, 3.63) is 57.4 Å². The normalized spacial score (nSPS) is 10.8. The number of nitrogens with one attached hydrogen (secondary N) is 1. The van der Waals surface area contributed by atoms with Gasteiger partial charge in [0.2, 0.25) is 0 Å². The first-order valence-corrected chi connectivity index (χ1v) is 6.98. The van der Waals surface area contributed by atoms with Gasteiger partial charge in [0.1, 0.15) is 5.58 Å². The van der Waals surface area contributed by atoms with Crippen LogP contribution >= 0.6 is 22.9 Å². The van der Waals surface area contributed by atoms with E-state index in [2.05, 4.69) is 5.32 Å². The molecule has 2 heterocycles.